The first-order valence-electron chi connectivity index (χ1n) is 8.78. The molecule has 3 aromatic rings. The summed E-state index contributed by atoms with van der Waals surface area (Å²) in [6.45, 7) is 0.0865. The number of halogens is 1. The zero-order valence-electron chi connectivity index (χ0n) is 15.6. The normalized spacial score (nSPS) is 11.8. The average molecular weight is 384 g/mol. The minimum Gasteiger partial charge on any atom is -0.494 e. The van der Waals surface area contributed by atoms with Crippen LogP contribution in [0.4, 0.5) is 4.39 Å². The number of carbonyl (C=O) groups is 2. The van der Waals surface area contributed by atoms with E-state index in [1.165, 1.54) is 26.3 Å². The van der Waals surface area contributed by atoms with E-state index in [4.69, 9.17) is 4.74 Å². The van der Waals surface area contributed by atoms with Crippen molar-refractivity contribution in [2.45, 2.75) is 6.42 Å². The zero-order chi connectivity index (χ0) is 20.1. The number of ether oxygens (including phenoxy) is 1. The Morgan fingerprint density at radius 2 is 2.04 bits per heavy atom. The smallest absolute Gasteiger partial charge is 0.287 e. The molecule has 0 spiro atoms. The Balaban J connectivity index is 1.69. The lowest BCUT2D eigenvalue weighted by atomic mass is 9.98. The maximum absolute atomic E-state index is 13.9. The number of carbonyl (C=O) groups excluding carboxylic acids is 2. The second kappa shape index (κ2) is 8.51. The van der Waals surface area contributed by atoms with Gasteiger partial charge in [0.2, 0.25) is 5.91 Å². The second-order valence-electron chi connectivity index (χ2n) is 6.30. The highest BCUT2D eigenvalue weighted by atomic mass is 19.1. The van der Waals surface area contributed by atoms with Gasteiger partial charge >= 0.3 is 0 Å². The van der Waals surface area contributed by atoms with E-state index in [1.807, 2.05) is 18.2 Å². The summed E-state index contributed by atoms with van der Waals surface area (Å²) in [6, 6.07) is 11.8. The van der Waals surface area contributed by atoms with Crippen molar-refractivity contribution in [3.8, 4) is 5.75 Å². The molecule has 0 saturated carbocycles. The van der Waals surface area contributed by atoms with Gasteiger partial charge in [-0.05, 0) is 36.2 Å². The number of rotatable bonds is 7. The molecular weight excluding hydrogens is 363 g/mol. The fourth-order valence-corrected chi connectivity index (χ4v) is 2.94. The van der Waals surface area contributed by atoms with Crippen molar-refractivity contribution < 1.29 is 18.7 Å². The number of imidazole rings is 1. The van der Waals surface area contributed by atoms with Gasteiger partial charge in [-0.15, -0.1) is 0 Å². The van der Waals surface area contributed by atoms with Crippen LogP contribution < -0.4 is 15.4 Å². The summed E-state index contributed by atoms with van der Waals surface area (Å²) in [7, 11) is 2.91. The molecule has 3 rings (SSSR count). The number of H-pyrrole nitrogens is 1. The molecule has 0 aliphatic heterocycles. The number of aromatic nitrogens is 2. The van der Waals surface area contributed by atoms with Crippen LogP contribution in [-0.4, -0.2) is 42.5 Å². The SMILES string of the molecule is CNC(=O)C(CNC(=O)c1nc2ccccc2[nH]1)Cc1ccc(OC)c(F)c1. The van der Waals surface area contributed by atoms with Crippen LogP contribution in [0.1, 0.15) is 16.2 Å². The van der Waals surface area contributed by atoms with Gasteiger partial charge in [-0.1, -0.05) is 18.2 Å². The van der Waals surface area contributed by atoms with Crippen molar-refractivity contribution in [2.24, 2.45) is 5.92 Å². The van der Waals surface area contributed by atoms with E-state index in [0.29, 0.717) is 11.1 Å². The van der Waals surface area contributed by atoms with E-state index < -0.39 is 17.6 Å². The summed E-state index contributed by atoms with van der Waals surface area (Å²) in [6.07, 6.45) is 0.265. The molecule has 2 amide bonds. The Morgan fingerprint density at radius 1 is 1.25 bits per heavy atom. The number of fused-ring (bicyclic) bond motifs is 1. The average Bonchev–Trinajstić information content (AvgIpc) is 3.14. The van der Waals surface area contributed by atoms with E-state index >= 15 is 0 Å². The summed E-state index contributed by atoms with van der Waals surface area (Å²) in [5.41, 5.74) is 2.07. The van der Waals surface area contributed by atoms with Gasteiger partial charge in [0.05, 0.1) is 24.1 Å². The summed E-state index contributed by atoms with van der Waals surface area (Å²) < 4.78 is 18.8. The minimum atomic E-state index is -0.564. The lowest BCUT2D eigenvalue weighted by Crippen LogP contribution is -2.39. The number of methoxy groups -OCH3 is 1. The number of hydrogen-bond donors (Lipinski definition) is 3. The Labute approximate surface area is 161 Å². The van der Waals surface area contributed by atoms with Gasteiger partial charge in [0.25, 0.3) is 5.91 Å². The number of para-hydroxylation sites is 2. The van der Waals surface area contributed by atoms with Crippen molar-refractivity contribution in [3.63, 3.8) is 0 Å². The third kappa shape index (κ3) is 4.28. The quantitative estimate of drug-likeness (QED) is 0.581. The Hall–Kier alpha value is -3.42. The minimum absolute atomic E-state index is 0.0865. The van der Waals surface area contributed by atoms with Gasteiger partial charge in [0.15, 0.2) is 17.4 Å². The van der Waals surface area contributed by atoms with Crippen molar-refractivity contribution in [3.05, 3.63) is 59.7 Å². The van der Waals surface area contributed by atoms with Crippen molar-refractivity contribution in [1.82, 2.24) is 20.6 Å². The van der Waals surface area contributed by atoms with Crippen LogP contribution in [0.15, 0.2) is 42.5 Å². The topological polar surface area (TPSA) is 96.1 Å². The number of amides is 2. The van der Waals surface area contributed by atoms with Crippen molar-refractivity contribution in [2.75, 3.05) is 20.7 Å². The van der Waals surface area contributed by atoms with Gasteiger partial charge < -0.3 is 20.4 Å². The molecule has 0 saturated heterocycles. The lowest BCUT2D eigenvalue weighted by molar-refractivity contribution is -0.124. The molecule has 7 nitrogen and oxygen atoms in total. The molecule has 1 heterocycles. The first-order valence-corrected chi connectivity index (χ1v) is 8.78. The third-order valence-electron chi connectivity index (χ3n) is 4.43. The predicted molar refractivity (Wildman–Crippen MR) is 103 cm³/mol. The highest BCUT2D eigenvalue weighted by molar-refractivity contribution is 5.94. The molecule has 3 N–H and O–H groups in total. The molecule has 146 valence electrons. The number of aromatic amines is 1. The standard InChI is InChI=1S/C20H21FN4O3/c1-22-19(26)13(9-12-7-8-17(28-2)14(21)10-12)11-23-20(27)18-24-15-5-3-4-6-16(15)25-18/h3-8,10,13H,9,11H2,1-2H3,(H,22,26)(H,23,27)(H,24,25). The molecule has 8 heteroatoms. The van der Waals surface area contributed by atoms with Crippen molar-refractivity contribution >= 4 is 22.8 Å². The van der Waals surface area contributed by atoms with E-state index in [2.05, 4.69) is 20.6 Å². The molecule has 28 heavy (non-hydrogen) atoms. The third-order valence-corrected chi connectivity index (χ3v) is 4.43. The summed E-state index contributed by atoms with van der Waals surface area (Å²) >= 11 is 0. The Kier molecular flexibility index (Phi) is 5.88. The summed E-state index contributed by atoms with van der Waals surface area (Å²) in [5, 5.41) is 5.30. The van der Waals surface area contributed by atoms with Crippen LogP contribution in [0.25, 0.3) is 11.0 Å². The van der Waals surface area contributed by atoms with E-state index in [-0.39, 0.29) is 30.4 Å². The fourth-order valence-electron chi connectivity index (χ4n) is 2.94. The highest BCUT2D eigenvalue weighted by Crippen LogP contribution is 2.20. The van der Waals surface area contributed by atoms with Crippen molar-refractivity contribution in [1.29, 1.82) is 0 Å². The van der Waals surface area contributed by atoms with Crippen LogP contribution in [0.2, 0.25) is 0 Å². The van der Waals surface area contributed by atoms with Crippen LogP contribution in [-0.2, 0) is 11.2 Å². The molecule has 0 fully saturated rings. The number of hydrogen-bond acceptors (Lipinski definition) is 4. The molecule has 0 radical (unpaired) electrons. The Bertz CT molecular complexity index is 969. The van der Waals surface area contributed by atoms with Gasteiger partial charge in [0, 0.05) is 13.6 Å². The molecular formula is C20H21FN4O3. The lowest BCUT2D eigenvalue weighted by Gasteiger charge is -2.16. The van der Waals surface area contributed by atoms with E-state index in [9.17, 15) is 14.0 Å². The predicted octanol–water partition coefficient (Wildman–Crippen LogP) is 2.05. The summed E-state index contributed by atoms with van der Waals surface area (Å²) in [5.74, 6) is -1.41. The van der Waals surface area contributed by atoms with Crippen LogP contribution in [0.3, 0.4) is 0 Å². The fraction of sp³-hybridized carbons (Fsp3) is 0.250. The molecule has 1 aromatic heterocycles. The zero-order valence-corrected chi connectivity index (χ0v) is 15.6. The first-order chi connectivity index (χ1) is 13.5. The number of nitrogens with zero attached hydrogens (tertiary/aromatic N) is 1. The van der Waals surface area contributed by atoms with Gasteiger partial charge in [0.1, 0.15) is 0 Å². The maximum Gasteiger partial charge on any atom is 0.287 e. The maximum atomic E-state index is 13.9. The Morgan fingerprint density at radius 3 is 2.71 bits per heavy atom. The molecule has 2 aromatic carbocycles. The first kappa shape index (κ1) is 19.3. The van der Waals surface area contributed by atoms with Crippen LogP contribution >= 0.6 is 0 Å². The van der Waals surface area contributed by atoms with Gasteiger partial charge in [-0.2, -0.15) is 0 Å². The summed E-state index contributed by atoms with van der Waals surface area (Å²) in [4.78, 5) is 31.8. The molecule has 0 aliphatic rings. The largest absolute Gasteiger partial charge is 0.494 e. The van der Waals surface area contributed by atoms with Crippen LogP contribution in [0, 0.1) is 11.7 Å². The number of benzene rings is 2. The van der Waals surface area contributed by atoms with E-state index in [1.54, 1.807) is 12.1 Å². The molecule has 1 unspecified atom stereocenters. The van der Waals surface area contributed by atoms with Gasteiger partial charge in [-0.3, -0.25) is 9.59 Å². The van der Waals surface area contributed by atoms with Gasteiger partial charge in [-0.25, -0.2) is 9.37 Å². The molecule has 0 bridgehead atoms. The van der Waals surface area contributed by atoms with Crippen LogP contribution in [0.5, 0.6) is 5.75 Å². The highest BCUT2D eigenvalue weighted by Gasteiger charge is 2.21. The number of nitrogens with one attached hydrogen (secondary N) is 3. The second-order valence-corrected chi connectivity index (χ2v) is 6.30. The van der Waals surface area contributed by atoms with E-state index in [0.717, 1.165) is 5.52 Å². The molecule has 0 aliphatic carbocycles. The monoisotopic (exact) mass is 384 g/mol. The molecule has 1 atom stereocenters.